The first-order valence-electron chi connectivity index (χ1n) is 8.24. The van der Waals surface area contributed by atoms with E-state index in [1.165, 1.54) is 13.3 Å². The topological polar surface area (TPSA) is 81.6 Å². The van der Waals surface area contributed by atoms with Gasteiger partial charge in [-0.2, -0.15) is 0 Å². The highest BCUT2D eigenvalue weighted by molar-refractivity contribution is 5.86. The average molecular weight is 335 g/mol. The van der Waals surface area contributed by atoms with Crippen LogP contribution in [0.3, 0.4) is 0 Å². The van der Waals surface area contributed by atoms with Crippen molar-refractivity contribution in [2.24, 2.45) is 0 Å². The van der Waals surface area contributed by atoms with Crippen LogP contribution < -0.4 is 0 Å². The van der Waals surface area contributed by atoms with Gasteiger partial charge in [0.1, 0.15) is 5.60 Å². The second-order valence-electron chi connectivity index (χ2n) is 6.56. The maximum Gasteiger partial charge on any atom is 0.410 e. The Kier molecular flexibility index (Phi) is 5.75. The van der Waals surface area contributed by atoms with Crippen LogP contribution in [0.2, 0.25) is 0 Å². The van der Waals surface area contributed by atoms with Gasteiger partial charge in [-0.25, -0.2) is 14.6 Å². The van der Waals surface area contributed by atoms with Crippen LogP contribution in [0.4, 0.5) is 4.79 Å². The number of rotatable bonds is 4. The van der Waals surface area contributed by atoms with E-state index in [0.717, 1.165) is 25.0 Å². The molecule has 1 aliphatic rings. The number of hydrogen-bond donors (Lipinski definition) is 0. The maximum absolute atomic E-state index is 12.2. The molecule has 0 aliphatic carbocycles. The first kappa shape index (κ1) is 18.2. The number of hydrogen-bond acceptors (Lipinski definition) is 6. The largest absolute Gasteiger partial charge is 0.464 e. The van der Waals surface area contributed by atoms with Gasteiger partial charge in [0, 0.05) is 25.2 Å². The minimum Gasteiger partial charge on any atom is -0.464 e. The molecule has 1 fully saturated rings. The van der Waals surface area contributed by atoms with Crippen molar-refractivity contribution in [3.05, 3.63) is 23.8 Å². The third-order valence-electron chi connectivity index (χ3n) is 4.45. The van der Waals surface area contributed by atoms with E-state index in [4.69, 9.17) is 4.74 Å². The Bertz CT molecular complexity index is 578. The molecule has 2 rings (SSSR count). The number of piperidine rings is 1. The van der Waals surface area contributed by atoms with E-state index in [2.05, 4.69) is 14.7 Å². The van der Waals surface area contributed by atoms with Crippen LogP contribution in [-0.4, -0.2) is 52.7 Å². The lowest BCUT2D eigenvalue weighted by atomic mass is 9.94. The van der Waals surface area contributed by atoms with Crippen molar-refractivity contribution in [2.75, 3.05) is 20.2 Å². The van der Waals surface area contributed by atoms with Crippen molar-refractivity contribution in [1.82, 2.24) is 14.9 Å². The Morgan fingerprint density at radius 1 is 1.25 bits per heavy atom. The van der Waals surface area contributed by atoms with Crippen LogP contribution in [0.1, 0.15) is 62.1 Å². The molecule has 7 heteroatoms. The van der Waals surface area contributed by atoms with E-state index in [1.54, 1.807) is 11.1 Å². The summed E-state index contributed by atoms with van der Waals surface area (Å²) < 4.78 is 10.1. The zero-order valence-corrected chi connectivity index (χ0v) is 14.7. The van der Waals surface area contributed by atoms with Gasteiger partial charge in [-0.05, 0) is 33.1 Å². The van der Waals surface area contributed by atoms with Gasteiger partial charge in [-0.1, -0.05) is 6.92 Å². The van der Waals surface area contributed by atoms with Gasteiger partial charge in [0.25, 0.3) is 0 Å². The zero-order valence-electron chi connectivity index (χ0n) is 14.7. The second kappa shape index (κ2) is 7.59. The van der Waals surface area contributed by atoms with Crippen LogP contribution >= 0.6 is 0 Å². The summed E-state index contributed by atoms with van der Waals surface area (Å²) in [7, 11) is 1.31. The molecule has 24 heavy (non-hydrogen) atoms. The normalized spacial score (nSPS) is 15.9. The van der Waals surface area contributed by atoms with Gasteiger partial charge >= 0.3 is 12.1 Å². The standard InChI is InChI=1S/C17H25N3O4/c1-5-17(2,3)24-16(22)20-8-6-12(7-9-20)13-10-19-14(11-18-13)15(21)23-4/h10-12H,5-9H2,1-4H3. The van der Waals surface area contributed by atoms with Crippen LogP contribution in [0.15, 0.2) is 12.4 Å². The van der Waals surface area contributed by atoms with Gasteiger partial charge in [0.15, 0.2) is 5.69 Å². The smallest absolute Gasteiger partial charge is 0.410 e. The molecule has 1 amide bonds. The highest BCUT2D eigenvalue weighted by Crippen LogP contribution is 2.27. The molecule has 132 valence electrons. The molecule has 0 aromatic carbocycles. The Hall–Kier alpha value is -2.18. The Balaban J connectivity index is 1.90. The third kappa shape index (κ3) is 4.43. The molecular weight excluding hydrogens is 310 g/mol. The SMILES string of the molecule is CCC(C)(C)OC(=O)N1CCC(c2cnc(C(=O)OC)cn2)CC1. The van der Waals surface area contributed by atoms with Crippen LogP contribution in [0.5, 0.6) is 0 Å². The van der Waals surface area contributed by atoms with Crippen molar-refractivity contribution in [3.8, 4) is 0 Å². The van der Waals surface area contributed by atoms with Crippen molar-refractivity contribution < 1.29 is 19.1 Å². The summed E-state index contributed by atoms with van der Waals surface area (Å²) >= 11 is 0. The van der Waals surface area contributed by atoms with E-state index >= 15 is 0 Å². The van der Waals surface area contributed by atoms with Gasteiger partial charge < -0.3 is 14.4 Å². The molecule has 0 unspecified atom stereocenters. The highest BCUT2D eigenvalue weighted by Gasteiger charge is 2.29. The molecule has 0 radical (unpaired) electrons. The molecule has 1 aliphatic heterocycles. The summed E-state index contributed by atoms with van der Waals surface area (Å²) in [5, 5.41) is 0. The number of amides is 1. The fraction of sp³-hybridized carbons (Fsp3) is 0.647. The van der Waals surface area contributed by atoms with Crippen LogP contribution in [0, 0.1) is 0 Å². The van der Waals surface area contributed by atoms with Crippen LogP contribution in [0.25, 0.3) is 0 Å². The van der Waals surface area contributed by atoms with E-state index in [0.29, 0.717) is 13.1 Å². The first-order chi connectivity index (χ1) is 11.4. The minimum atomic E-state index is -0.495. The summed E-state index contributed by atoms with van der Waals surface area (Å²) in [5.41, 5.74) is 0.594. The summed E-state index contributed by atoms with van der Waals surface area (Å²) in [5.74, 6) is -0.266. The molecular formula is C17H25N3O4. The fourth-order valence-electron chi connectivity index (χ4n) is 2.49. The quantitative estimate of drug-likeness (QED) is 0.787. The van der Waals surface area contributed by atoms with Gasteiger partial charge in [-0.15, -0.1) is 0 Å². The van der Waals surface area contributed by atoms with E-state index in [9.17, 15) is 9.59 Å². The van der Waals surface area contributed by atoms with Gasteiger partial charge in [-0.3, -0.25) is 4.98 Å². The number of nitrogens with zero attached hydrogens (tertiary/aromatic N) is 3. The first-order valence-corrected chi connectivity index (χ1v) is 8.24. The predicted octanol–water partition coefficient (Wildman–Crippen LogP) is 2.77. The van der Waals surface area contributed by atoms with Crippen molar-refractivity contribution in [2.45, 2.75) is 51.6 Å². The van der Waals surface area contributed by atoms with Crippen molar-refractivity contribution >= 4 is 12.1 Å². The fourth-order valence-corrected chi connectivity index (χ4v) is 2.49. The molecule has 0 N–H and O–H groups in total. The highest BCUT2D eigenvalue weighted by atomic mass is 16.6. The number of methoxy groups -OCH3 is 1. The predicted molar refractivity (Wildman–Crippen MR) is 87.8 cm³/mol. The van der Waals surface area contributed by atoms with E-state index < -0.39 is 11.6 Å². The lowest BCUT2D eigenvalue weighted by Crippen LogP contribution is -2.42. The molecule has 1 saturated heterocycles. The maximum atomic E-state index is 12.2. The summed E-state index contributed by atoms with van der Waals surface area (Å²) in [6, 6.07) is 0. The molecule has 2 heterocycles. The van der Waals surface area contributed by atoms with E-state index in [1.807, 2.05) is 20.8 Å². The summed E-state index contributed by atoms with van der Waals surface area (Å²) in [6.45, 7) is 7.08. The molecule has 1 aromatic rings. The Morgan fingerprint density at radius 3 is 2.42 bits per heavy atom. The molecule has 0 atom stereocenters. The monoisotopic (exact) mass is 335 g/mol. The number of carbonyl (C=O) groups excluding carboxylic acids is 2. The summed E-state index contributed by atoms with van der Waals surface area (Å²) in [4.78, 5) is 33.7. The Morgan fingerprint density at radius 2 is 1.92 bits per heavy atom. The second-order valence-corrected chi connectivity index (χ2v) is 6.56. The molecule has 0 spiro atoms. The Labute approximate surface area is 142 Å². The van der Waals surface area contributed by atoms with Gasteiger partial charge in [0.2, 0.25) is 0 Å². The number of ether oxygens (including phenoxy) is 2. The number of esters is 1. The number of likely N-dealkylation sites (tertiary alicyclic amines) is 1. The molecule has 7 nitrogen and oxygen atoms in total. The number of carbonyl (C=O) groups is 2. The van der Waals surface area contributed by atoms with Crippen LogP contribution in [-0.2, 0) is 9.47 Å². The lowest BCUT2D eigenvalue weighted by Gasteiger charge is -2.33. The molecule has 1 aromatic heterocycles. The third-order valence-corrected chi connectivity index (χ3v) is 4.45. The average Bonchev–Trinajstić information content (AvgIpc) is 2.61. The zero-order chi connectivity index (χ0) is 17.7. The van der Waals surface area contributed by atoms with Crippen molar-refractivity contribution in [1.29, 1.82) is 0 Å². The van der Waals surface area contributed by atoms with Gasteiger partial charge in [0.05, 0.1) is 19.0 Å². The lowest BCUT2D eigenvalue weighted by molar-refractivity contribution is 0.00740. The summed E-state index contributed by atoms with van der Waals surface area (Å²) in [6.07, 6.45) is 5.17. The molecule has 0 saturated carbocycles. The van der Waals surface area contributed by atoms with E-state index in [-0.39, 0.29) is 17.7 Å². The minimum absolute atomic E-state index is 0.198. The number of aromatic nitrogens is 2. The van der Waals surface area contributed by atoms with Crippen molar-refractivity contribution in [3.63, 3.8) is 0 Å². The molecule has 0 bridgehead atoms.